The zero-order chi connectivity index (χ0) is 22.0. The zero-order valence-corrected chi connectivity index (χ0v) is 18.1. The molecular formula is C24H28N2O4. The van der Waals surface area contributed by atoms with Crippen LogP contribution >= 0.6 is 0 Å². The van der Waals surface area contributed by atoms with Crippen LogP contribution in [0.4, 0.5) is 11.4 Å². The summed E-state index contributed by atoms with van der Waals surface area (Å²) in [7, 11) is 0. The van der Waals surface area contributed by atoms with E-state index in [0.717, 1.165) is 33.6 Å². The number of hydrogen-bond acceptors (Lipinski definition) is 4. The Balaban J connectivity index is 1.64. The van der Waals surface area contributed by atoms with Crippen molar-refractivity contribution in [1.82, 2.24) is 0 Å². The van der Waals surface area contributed by atoms with E-state index >= 15 is 0 Å². The maximum Gasteiger partial charge on any atom is 0.312 e. The summed E-state index contributed by atoms with van der Waals surface area (Å²) in [6, 6.07) is 11.5. The second-order valence-corrected chi connectivity index (χ2v) is 7.96. The first-order valence-corrected chi connectivity index (χ1v) is 10.1. The average Bonchev–Trinajstić information content (AvgIpc) is 3.08. The Bertz CT molecular complexity index is 978. The van der Waals surface area contributed by atoms with E-state index < -0.39 is 23.9 Å². The predicted octanol–water partition coefficient (Wildman–Crippen LogP) is 3.84. The number of carbonyl (C=O) groups excluding carboxylic acids is 3. The van der Waals surface area contributed by atoms with Crippen LogP contribution in [0.25, 0.3) is 0 Å². The number of esters is 1. The Morgan fingerprint density at radius 2 is 1.63 bits per heavy atom. The average molecular weight is 408 g/mol. The Kier molecular flexibility index (Phi) is 6.25. The van der Waals surface area contributed by atoms with E-state index in [-0.39, 0.29) is 18.9 Å². The number of aryl methyl sites for hydroxylation is 3. The third kappa shape index (κ3) is 4.37. The third-order valence-corrected chi connectivity index (χ3v) is 5.72. The molecule has 1 fully saturated rings. The van der Waals surface area contributed by atoms with Gasteiger partial charge < -0.3 is 15.0 Å². The van der Waals surface area contributed by atoms with Gasteiger partial charge in [-0.1, -0.05) is 30.3 Å². The SMILES string of the molecule is Cc1cccc(N2C[C@@H](C(=O)O[C@H](C)C(=O)Nc3c(C)cccc3C)CC2=O)c1C. The van der Waals surface area contributed by atoms with Crippen LogP contribution < -0.4 is 10.2 Å². The van der Waals surface area contributed by atoms with Gasteiger partial charge >= 0.3 is 5.97 Å². The van der Waals surface area contributed by atoms with Crippen LogP contribution in [0, 0.1) is 33.6 Å². The van der Waals surface area contributed by atoms with E-state index in [1.54, 1.807) is 11.8 Å². The molecule has 2 aromatic carbocycles. The molecule has 1 saturated heterocycles. The van der Waals surface area contributed by atoms with Crippen molar-refractivity contribution < 1.29 is 19.1 Å². The van der Waals surface area contributed by atoms with E-state index in [9.17, 15) is 14.4 Å². The second kappa shape index (κ2) is 8.69. The fraction of sp³-hybridized carbons (Fsp3) is 0.375. The largest absolute Gasteiger partial charge is 0.452 e. The minimum Gasteiger partial charge on any atom is -0.452 e. The first-order chi connectivity index (χ1) is 14.2. The van der Waals surface area contributed by atoms with E-state index in [4.69, 9.17) is 4.74 Å². The van der Waals surface area contributed by atoms with Gasteiger partial charge in [-0.2, -0.15) is 0 Å². The molecule has 0 radical (unpaired) electrons. The lowest BCUT2D eigenvalue weighted by Gasteiger charge is -2.20. The summed E-state index contributed by atoms with van der Waals surface area (Å²) in [5, 5.41) is 2.84. The van der Waals surface area contributed by atoms with Crippen molar-refractivity contribution in [2.75, 3.05) is 16.8 Å². The van der Waals surface area contributed by atoms with Crippen molar-refractivity contribution in [3.63, 3.8) is 0 Å². The van der Waals surface area contributed by atoms with Gasteiger partial charge in [0.15, 0.2) is 6.10 Å². The number of ether oxygens (including phenoxy) is 1. The van der Waals surface area contributed by atoms with E-state index in [1.165, 1.54) is 0 Å². The summed E-state index contributed by atoms with van der Waals surface area (Å²) < 4.78 is 5.40. The number of benzene rings is 2. The lowest BCUT2D eigenvalue weighted by atomic mass is 10.1. The van der Waals surface area contributed by atoms with Crippen LogP contribution in [0.2, 0.25) is 0 Å². The van der Waals surface area contributed by atoms with E-state index in [2.05, 4.69) is 5.32 Å². The molecule has 6 nitrogen and oxygen atoms in total. The summed E-state index contributed by atoms with van der Waals surface area (Å²) in [5.74, 6) is -1.62. The molecule has 6 heteroatoms. The molecule has 1 aliphatic heterocycles. The molecule has 2 aromatic rings. The van der Waals surface area contributed by atoms with Crippen molar-refractivity contribution in [2.24, 2.45) is 5.92 Å². The molecule has 30 heavy (non-hydrogen) atoms. The Morgan fingerprint density at radius 3 is 2.30 bits per heavy atom. The minimum absolute atomic E-state index is 0.0808. The molecule has 1 N–H and O–H groups in total. The van der Waals surface area contributed by atoms with Gasteiger partial charge in [-0.25, -0.2) is 0 Å². The molecular weight excluding hydrogens is 380 g/mol. The third-order valence-electron chi connectivity index (χ3n) is 5.72. The molecule has 158 valence electrons. The van der Waals surface area contributed by atoms with Crippen LogP contribution in [0.5, 0.6) is 0 Å². The standard InChI is InChI=1S/C24H28N2O4/c1-14-8-7-11-20(17(14)4)26-13-19(12-21(26)27)24(29)30-18(5)23(28)25-22-15(2)9-6-10-16(22)3/h6-11,18-19H,12-13H2,1-5H3,(H,25,28)/t18-,19+/m1/s1. The topological polar surface area (TPSA) is 75.7 Å². The van der Waals surface area contributed by atoms with Gasteiger partial charge in [-0.05, 0) is 62.9 Å². The first kappa shape index (κ1) is 21.6. The van der Waals surface area contributed by atoms with Crippen molar-refractivity contribution >= 4 is 29.2 Å². The van der Waals surface area contributed by atoms with Crippen LogP contribution in [0.15, 0.2) is 36.4 Å². The predicted molar refractivity (Wildman–Crippen MR) is 116 cm³/mol. The highest BCUT2D eigenvalue weighted by Crippen LogP contribution is 2.30. The van der Waals surface area contributed by atoms with E-state index in [1.807, 2.05) is 64.1 Å². The Hall–Kier alpha value is -3.15. The molecule has 3 rings (SSSR count). The number of nitrogens with one attached hydrogen (secondary N) is 1. The Morgan fingerprint density at radius 1 is 1.03 bits per heavy atom. The van der Waals surface area contributed by atoms with Gasteiger partial charge in [0.2, 0.25) is 5.91 Å². The second-order valence-electron chi connectivity index (χ2n) is 7.96. The maximum atomic E-state index is 12.6. The molecule has 1 aliphatic rings. The number of rotatable bonds is 5. The van der Waals surface area contributed by atoms with Gasteiger partial charge in [0.1, 0.15) is 0 Å². The molecule has 0 spiro atoms. The molecule has 0 saturated carbocycles. The fourth-order valence-electron chi connectivity index (χ4n) is 3.69. The highest BCUT2D eigenvalue weighted by molar-refractivity contribution is 6.01. The van der Waals surface area contributed by atoms with Gasteiger partial charge in [0, 0.05) is 24.3 Å². The van der Waals surface area contributed by atoms with Gasteiger partial charge in [0.25, 0.3) is 5.91 Å². The Labute approximate surface area is 177 Å². The molecule has 0 aliphatic carbocycles. The molecule has 0 bridgehead atoms. The lowest BCUT2D eigenvalue weighted by molar-refractivity contribution is -0.157. The number of nitrogens with zero attached hydrogens (tertiary/aromatic N) is 1. The molecule has 0 aromatic heterocycles. The monoisotopic (exact) mass is 408 g/mol. The number of carbonyl (C=O) groups is 3. The summed E-state index contributed by atoms with van der Waals surface area (Å²) in [6.07, 6.45) is -0.876. The van der Waals surface area contributed by atoms with Crippen LogP contribution in [-0.4, -0.2) is 30.4 Å². The summed E-state index contributed by atoms with van der Waals surface area (Å²) in [6.45, 7) is 9.56. The molecule has 1 heterocycles. The van der Waals surface area contributed by atoms with Crippen molar-refractivity contribution in [3.8, 4) is 0 Å². The number of amides is 2. The number of para-hydroxylation sites is 1. The fourth-order valence-corrected chi connectivity index (χ4v) is 3.69. The van der Waals surface area contributed by atoms with Crippen LogP contribution in [0.1, 0.15) is 35.6 Å². The van der Waals surface area contributed by atoms with Gasteiger partial charge in [0.05, 0.1) is 5.92 Å². The summed E-state index contributed by atoms with van der Waals surface area (Å²) in [4.78, 5) is 39.3. The van der Waals surface area contributed by atoms with Gasteiger partial charge in [-0.3, -0.25) is 14.4 Å². The maximum absolute atomic E-state index is 12.6. The zero-order valence-electron chi connectivity index (χ0n) is 18.1. The van der Waals surface area contributed by atoms with Crippen molar-refractivity contribution in [1.29, 1.82) is 0 Å². The molecule has 0 unspecified atom stereocenters. The van der Waals surface area contributed by atoms with Crippen molar-refractivity contribution in [3.05, 3.63) is 58.7 Å². The number of anilines is 2. The van der Waals surface area contributed by atoms with Crippen LogP contribution in [0.3, 0.4) is 0 Å². The number of hydrogen-bond donors (Lipinski definition) is 1. The normalized spacial score (nSPS) is 17.0. The molecule has 2 atom stereocenters. The smallest absolute Gasteiger partial charge is 0.312 e. The highest BCUT2D eigenvalue weighted by atomic mass is 16.5. The quantitative estimate of drug-likeness (QED) is 0.763. The van der Waals surface area contributed by atoms with E-state index in [0.29, 0.717) is 0 Å². The molecule has 2 amide bonds. The highest BCUT2D eigenvalue weighted by Gasteiger charge is 2.38. The van der Waals surface area contributed by atoms with Crippen LogP contribution in [-0.2, 0) is 19.1 Å². The summed E-state index contributed by atoms with van der Waals surface area (Å²) in [5.41, 5.74) is 5.52. The minimum atomic E-state index is -0.957. The lowest BCUT2D eigenvalue weighted by Crippen LogP contribution is -2.33. The summed E-state index contributed by atoms with van der Waals surface area (Å²) >= 11 is 0. The first-order valence-electron chi connectivity index (χ1n) is 10.1. The van der Waals surface area contributed by atoms with Crippen molar-refractivity contribution in [2.45, 2.75) is 47.1 Å². The van der Waals surface area contributed by atoms with Gasteiger partial charge in [-0.15, -0.1) is 0 Å².